The van der Waals surface area contributed by atoms with Crippen LogP contribution in [0.25, 0.3) is 0 Å². The molecule has 0 heterocycles. The maximum absolute atomic E-state index is 8.25. The Hall–Kier alpha value is -1.24. The van der Waals surface area contributed by atoms with Gasteiger partial charge in [-0.15, -0.1) is 4.99 Å². The van der Waals surface area contributed by atoms with Gasteiger partial charge in [0.05, 0.1) is 0 Å². The molecule has 4 nitrogen and oxygen atoms in total. The van der Waals surface area contributed by atoms with E-state index in [-0.39, 0.29) is 0 Å². The molecule has 2 N–H and O–H groups in total. The first kappa shape index (κ1) is 10.8. The average molecular weight is 168 g/mol. The number of nitrogens with zero attached hydrogens (tertiary/aromatic N) is 2. The predicted octanol–water partition coefficient (Wildman–Crippen LogP) is 0.823. The van der Waals surface area contributed by atoms with Crippen molar-refractivity contribution in [2.75, 3.05) is 13.6 Å². The Labute approximate surface area is 73.7 Å². The summed E-state index contributed by atoms with van der Waals surface area (Å²) in [5, 5.41) is 14.1. The van der Waals surface area contributed by atoms with Gasteiger partial charge in [-0.25, -0.2) is 0 Å². The molecule has 0 saturated heterocycles. The van der Waals surface area contributed by atoms with E-state index in [2.05, 4.69) is 22.5 Å². The second kappa shape index (κ2) is 7.86. The number of hydrogen-bond donors (Lipinski definition) is 2. The van der Waals surface area contributed by atoms with E-state index in [1.54, 1.807) is 13.2 Å². The lowest BCUT2D eigenvalue weighted by Crippen LogP contribution is -2.35. The van der Waals surface area contributed by atoms with E-state index in [0.29, 0.717) is 5.96 Å². The number of nitrogens with one attached hydrogen (secondary N) is 2. The number of nitriles is 1. The second-order valence-corrected chi connectivity index (χ2v) is 2.44. The minimum atomic E-state index is 0.550. The molecule has 0 rings (SSSR count). The lowest BCUT2D eigenvalue weighted by Gasteiger charge is -2.05. The van der Waals surface area contributed by atoms with Crippen LogP contribution in [0.1, 0.15) is 26.2 Å². The molecule has 0 saturated carbocycles. The topological polar surface area (TPSA) is 60.2 Å². The van der Waals surface area contributed by atoms with Crippen LogP contribution in [-0.2, 0) is 0 Å². The van der Waals surface area contributed by atoms with Gasteiger partial charge in [-0.3, -0.25) is 0 Å². The van der Waals surface area contributed by atoms with Crippen LogP contribution in [0.2, 0.25) is 0 Å². The Bertz CT molecular complexity index is 168. The molecule has 0 radical (unpaired) electrons. The highest BCUT2D eigenvalue weighted by atomic mass is 15.2. The minimum absolute atomic E-state index is 0.550. The first-order chi connectivity index (χ1) is 5.85. The van der Waals surface area contributed by atoms with Crippen molar-refractivity contribution in [2.45, 2.75) is 26.2 Å². The average Bonchev–Trinajstić information content (AvgIpc) is 2.10. The molecule has 0 aromatic heterocycles. The lowest BCUT2D eigenvalue weighted by atomic mass is 10.2. The zero-order chi connectivity index (χ0) is 9.23. The van der Waals surface area contributed by atoms with E-state index in [0.717, 1.165) is 13.0 Å². The quantitative estimate of drug-likeness (QED) is 0.283. The summed E-state index contributed by atoms with van der Waals surface area (Å²) in [5.74, 6) is 0.550. The summed E-state index contributed by atoms with van der Waals surface area (Å²) in [7, 11) is 1.74. The Morgan fingerprint density at radius 3 is 2.75 bits per heavy atom. The molecular formula is C8H16N4. The maximum atomic E-state index is 8.25. The van der Waals surface area contributed by atoms with Crippen molar-refractivity contribution in [3.63, 3.8) is 0 Å². The van der Waals surface area contributed by atoms with E-state index in [1.807, 2.05) is 0 Å². The summed E-state index contributed by atoms with van der Waals surface area (Å²) < 4.78 is 0. The first-order valence-corrected chi connectivity index (χ1v) is 4.23. The molecule has 12 heavy (non-hydrogen) atoms. The van der Waals surface area contributed by atoms with Gasteiger partial charge in [0.1, 0.15) is 0 Å². The summed E-state index contributed by atoms with van der Waals surface area (Å²) in [6, 6.07) is 0. The standard InChI is InChI=1S/C8H16N4/c1-3-4-5-6-11-8(10-2)12-7-9/h3-6H2,1-2H3,(H2,10,11,12). The van der Waals surface area contributed by atoms with Gasteiger partial charge >= 0.3 is 0 Å². The number of hydrogen-bond acceptors (Lipinski definition) is 2. The van der Waals surface area contributed by atoms with Crippen molar-refractivity contribution in [1.82, 2.24) is 10.6 Å². The highest BCUT2D eigenvalue weighted by Crippen LogP contribution is 1.90. The summed E-state index contributed by atoms with van der Waals surface area (Å²) in [5.41, 5.74) is 0. The van der Waals surface area contributed by atoms with E-state index in [4.69, 9.17) is 5.26 Å². The van der Waals surface area contributed by atoms with Gasteiger partial charge in [0, 0.05) is 13.6 Å². The summed E-state index contributed by atoms with van der Waals surface area (Å²) in [4.78, 5) is 3.54. The van der Waals surface area contributed by atoms with Gasteiger partial charge in [0.15, 0.2) is 0 Å². The number of guanidine groups is 1. The third-order valence-corrected chi connectivity index (χ3v) is 1.47. The van der Waals surface area contributed by atoms with Crippen LogP contribution >= 0.6 is 0 Å². The molecule has 0 aliphatic heterocycles. The van der Waals surface area contributed by atoms with Gasteiger partial charge in [-0.1, -0.05) is 19.8 Å². The molecule has 0 aromatic carbocycles. The van der Waals surface area contributed by atoms with Crippen molar-refractivity contribution in [1.29, 1.82) is 5.26 Å². The van der Waals surface area contributed by atoms with Crippen molar-refractivity contribution in [3.8, 4) is 6.19 Å². The zero-order valence-corrected chi connectivity index (χ0v) is 7.72. The van der Waals surface area contributed by atoms with E-state index >= 15 is 0 Å². The van der Waals surface area contributed by atoms with Crippen LogP contribution in [0.5, 0.6) is 0 Å². The Balaban J connectivity index is 3.47. The molecule has 0 aliphatic rings. The van der Waals surface area contributed by atoms with Crippen LogP contribution in [0.4, 0.5) is 0 Å². The lowest BCUT2D eigenvalue weighted by molar-refractivity contribution is 0.689. The molecule has 68 valence electrons. The van der Waals surface area contributed by atoms with Crippen molar-refractivity contribution >= 4 is 5.96 Å². The minimum Gasteiger partial charge on any atom is -0.359 e. The SMILES string of the molecule is CCCCCN/C(=N/C#N)NC. The van der Waals surface area contributed by atoms with Gasteiger partial charge in [0.25, 0.3) is 0 Å². The van der Waals surface area contributed by atoms with Gasteiger partial charge < -0.3 is 10.6 Å². The number of aliphatic imine (C=N–C) groups is 1. The molecule has 4 heteroatoms. The van der Waals surface area contributed by atoms with Crippen LogP contribution in [-0.4, -0.2) is 19.6 Å². The zero-order valence-electron chi connectivity index (χ0n) is 7.72. The van der Waals surface area contributed by atoms with Crippen LogP contribution in [0.3, 0.4) is 0 Å². The van der Waals surface area contributed by atoms with Crippen molar-refractivity contribution < 1.29 is 0 Å². The fourth-order valence-corrected chi connectivity index (χ4v) is 0.816. The molecule has 0 spiro atoms. The van der Waals surface area contributed by atoms with Gasteiger partial charge in [-0.05, 0) is 6.42 Å². The van der Waals surface area contributed by atoms with Crippen LogP contribution in [0, 0.1) is 11.5 Å². The highest BCUT2D eigenvalue weighted by molar-refractivity contribution is 5.80. The van der Waals surface area contributed by atoms with Crippen LogP contribution < -0.4 is 10.6 Å². The molecular weight excluding hydrogens is 152 g/mol. The maximum Gasteiger partial charge on any atom is 0.209 e. The molecule has 0 aromatic rings. The Morgan fingerprint density at radius 2 is 2.25 bits per heavy atom. The summed E-state index contributed by atoms with van der Waals surface area (Å²) >= 11 is 0. The van der Waals surface area contributed by atoms with Gasteiger partial charge in [-0.2, -0.15) is 5.26 Å². The molecule has 0 atom stereocenters. The summed E-state index contributed by atoms with van der Waals surface area (Å²) in [6.45, 7) is 3.03. The second-order valence-electron chi connectivity index (χ2n) is 2.44. The number of rotatable bonds is 4. The molecule has 0 unspecified atom stereocenters. The van der Waals surface area contributed by atoms with E-state index in [9.17, 15) is 0 Å². The predicted molar refractivity (Wildman–Crippen MR) is 49.6 cm³/mol. The normalized spacial score (nSPS) is 10.6. The molecule has 0 fully saturated rings. The smallest absolute Gasteiger partial charge is 0.209 e. The molecule has 0 amide bonds. The monoisotopic (exact) mass is 168 g/mol. The first-order valence-electron chi connectivity index (χ1n) is 4.23. The van der Waals surface area contributed by atoms with Crippen molar-refractivity contribution in [2.24, 2.45) is 4.99 Å². The third-order valence-electron chi connectivity index (χ3n) is 1.47. The van der Waals surface area contributed by atoms with Crippen molar-refractivity contribution in [3.05, 3.63) is 0 Å². The Kier molecular flexibility index (Phi) is 7.05. The Morgan fingerprint density at radius 1 is 1.50 bits per heavy atom. The van der Waals surface area contributed by atoms with Crippen LogP contribution in [0.15, 0.2) is 4.99 Å². The van der Waals surface area contributed by atoms with E-state index in [1.165, 1.54) is 12.8 Å². The fraction of sp³-hybridized carbons (Fsp3) is 0.750. The molecule has 0 bridgehead atoms. The highest BCUT2D eigenvalue weighted by Gasteiger charge is 1.92. The third kappa shape index (κ3) is 5.54. The van der Waals surface area contributed by atoms with E-state index < -0.39 is 0 Å². The fourth-order valence-electron chi connectivity index (χ4n) is 0.816. The summed E-state index contributed by atoms with van der Waals surface area (Å²) in [6.07, 6.45) is 5.24. The molecule has 0 aliphatic carbocycles. The number of unbranched alkanes of at least 4 members (excludes halogenated alkanes) is 2. The largest absolute Gasteiger partial charge is 0.359 e. The van der Waals surface area contributed by atoms with Gasteiger partial charge in [0.2, 0.25) is 12.2 Å².